The summed E-state index contributed by atoms with van der Waals surface area (Å²) in [4.78, 5) is 273. The molecule has 130 heavy (non-hydrogen) atoms. The van der Waals surface area contributed by atoms with Gasteiger partial charge in [-0.15, -0.1) is 11.8 Å². The standard InChI is InChI=1S/C91H124N20O18S/c1-9-11-27-72-85(123)101-64-26-18-17-25-63(82(120)105-68(40-56-45-96-62-24-16-14-22-60(56)62)88(126)109(8)74(28-12-10-2)91(129)108(72)7)100-80(118)54(39-55-44-95-61-23-15-13-21-59(55)61)41-75(113)71-29-19-35-110(71)89(127)66(37-51(3)4)104-84(122)65(42-57-46-94-50-98-57)102-86(124)73-30-20-36-111(73)90(128)69(43-76(92)114)103-79(117)52(5)107(6)87(125)67(38-53-31-33-58(112)34-32-53)99-78(116)49-130-48-70(106-83(64)121)81(119)97-47-77(93)115/h13-16,21-24,31-34,44-46,50-52,54,63-74,95-96,112H,9-12,17-20,25-30,35-43,47-49H2,1-8H3,(H2,92,114)(H2,93,115)(H,94,98)(H,97,119)(H,99,116)(H,100,118)(H,101,123)(H,102,124)(H,103,117)(H,104,122)(H,105,120)(H,106,121)/t52-,54+,63-,64-,65-,66-,67-,68-,69-,70-,71-,72-,73-,74-/m0/s1. The van der Waals surface area contributed by atoms with Gasteiger partial charge in [-0.2, -0.15) is 0 Å². The predicted molar refractivity (Wildman–Crippen MR) is 482 cm³/mol. The number of Topliss-reactive ketones (excluding diaryl/α,β-unsaturated/α-hetero) is 1. The molecule has 3 aromatic heterocycles. The van der Waals surface area contributed by atoms with Crippen LogP contribution < -0.4 is 59.3 Å². The van der Waals surface area contributed by atoms with Crippen LogP contribution in [0.1, 0.15) is 166 Å². The van der Waals surface area contributed by atoms with Gasteiger partial charge in [0.15, 0.2) is 5.78 Å². The number of carbonyl (C=O) groups excluding carboxylic acids is 17. The van der Waals surface area contributed by atoms with E-state index in [1.54, 1.807) is 18.5 Å². The van der Waals surface area contributed by atoms with E-state index in [0.717, 1.165) is 32.5 Å². The zero-order valence-corrected chi connectivity index (χ0v) is 75.7. The molecule has 17 N–H and O–H groups in total. The second kappa shape index (κ2) is 47.0. The number of H-pyrrole nitrogens is 3. The second-order valence-electron chi connectivity index (χ2n) is 34.7. The Hall–Kier alpha value is -12.7. The summed E-state index contributed by atoms with van der Waals surface area (Å²) in [6, 6.07) is 1.57. The SMILES string of the molecule is CCCC[C@H]1C(=O)N(C)[C@@H](CCCC)C(=O)N[C@H]2CCCC[C@H](NC(=O)[C@H](Cc3c[nH]c4ccccc34)CC(=O)[C@@H]3CCCN3C(=O)[C@H](CC(C)C)NC(=O)[C@H](Cc3cnc[nH]3)NC(=O)[C@@H]3CCCN3C(=O)[C@H](CC(N)=O)NC(=O)[C@H](C)N(C)C(=O)[C@H](Cc3ccc(O)cc3)NC(=O)CSC[C@@H](C(=O)NCC(N)=O)NC2=O)C(=O)N[C@@H](Cc2c[nH]c3ccccc23)C(=O)N1C. The number of aromatic nitrogens is 4. The predicted octanol–water partition coefficient (Wildman–Crippen LogP) is 1.51. The number of para-hydroxylation sites is 2. The molecule has 38 nitrogen and oxygen atoms in total. The fourth-order valence-corrected chi connectivity index (χ4v) is 18.2. The van der Waals surface area contributed by atoms with Crippen LogP contribution in [0, 0.1) is 11.8 Å². The minimum Gasteiger partial charge on any atom is -0.508 e. The molecule has 0 aliphatic carbocycles. The number of benzene rings is 3. The largest absolute Gasteiger partial charge is 0.508 e. The van der Waals surface area contributed by atoms with Gasteiger partial charge in [0, 0.05) is 118 Å². The molecule has 4 aliphatic rings. The molecule has 0 radical (unpaired) electrons. The van der Waals surface area contributed by atoms with Gasteiger partial charge in [-0.25, -0.2) is 4.98 Å². The van der Waals surface area contributed by atoms with Crippen LogP contribution in [0.2, 0.25) is 0 Å². The van der Waals surface area contributed by atoms with Gasteiger partial charge in [0.25, 0.3) is 0 Å². The number of nitrogens with zero attached hydrogens (tertiary/aromatic N) is 6. The number of likely N-dealkylation sites (N-methyl/N-ethyl adjacent to an activating group) is 3. The lowest BCUT2D eigenvalue weighted by molar-refractivity contribution is -0.149. The number of ketones is 1. The number of fused-ring (bicyclic) bond motifs is 9. The lowest BCUT2D eigenvalue weighted by Crippen LogP contribution is -2.60. The van der Waals surface area contributed by atoms with Gasteiger partial charge in [0.1, 0.15) is 78.3 Å². The molecule has 39 heteroatoms. The van der Waals surface area contributed by atoms with Crippen LogP contribution in [0.3, 0.4) is 0 Å². The number of carbonyl (C=O) groups is 17. The maximum Gasteiger partial charge on any atom is 0.246 e. The van der Waals surface area contributed by atoms with E-state index in [2.05, 4.69) is 67.8 Å². The van der Waals surface area contributed by atoms with Gasteiger partial charge in [0.05, 0.1) is 31.1 Å². The molecule has 7 heterocycles. The number of aromatic hydroxyl groups is 1. The molecule has 2 bridgehead atoms. The minimum absolute atomic E-state index is 0.0194. The molecule has 0 spiro atoms. The number of hydrogen-bond donors (Lipinski definition) is 15. The van der Waals surface area contributed by atoms with Crippen LogP contribution in [0.15, 0.2) is 97.7 Å². The average Bonchev–Trinajstić information content (AvgIpc) is 1.78. The van der Waals surface area contributed by atoms with Crippen molar-refractivity contribution in [1.29, 1.82) is 0 Å². The molecule has 4 aliphatic heterocycles. The Labute approximate surface area is 758 Å². The number of thioether (sulfide) groups is 1. The van der Waals surface area contributed by atoms with Crippen molar-refractivity contribution in [2.45, 2.75) is 248 Å². The summed E-state index contributed by atoms with van der Waals surface area (Å²) in [5.74, 6) is -16.9. The number of primary amides is 2. The first-order valence-electron chi connectivity index (χ1n) is 44.8. The highest BCUT2D eigenvalue weighted by atomic mass is 32.2. The Bertz CT molecular complexity index is 5060. The number of phenolic OH excluding ortho intramolecular Hbond substituents is 1. The van der Waals surface area contributed by atoms with Gasteiger partial charge in [0.2, 0.25) is 94.5 Å². The zero-order chi connectivity index (χ0) is 94.2. The third kappa shape index (κ3) is 26.5. The summed E-state index contributed by atoms with van der Waals surface area (Å²) in [5.41, 5.74) is 14.7. The number of rotatable bonds is 21. The summed E-state index contributed by atoms with van der Waals surface area (Å²) < 4.78 is 0. The summed E-state index contributed by atoms with van der Waals surface area (Å²) in [7, 11) is 4.11. The molecule has 6 aromatic rings. The minimum atomic E-state index is -1.73. The summed E-state index contributed by atoms with van der Waals surface area (Å²) in [5, 5.41) is 36.5. The molecule has 0 unspecified atom stereocenters. The average molecular weight is 1820 g/mol. The molecule has 16 amide bonds. The Balaban J connectivity index is 1.07. The summed E-state index contributed by atoms with van der Waals surface area (Å²) in [6.45, 7) is 7.98. The molecular formula is C91H124N20O18S. The number of aromatic amines is 3. The van der Waals surface area contributed by atoms with Gasteiger partial charge in [-0.3, -0.25) is 81.5 Å². The number of hydrogen-bond acceptors (Lipinski definition) is 20. The molecule has 10 rings (SSSR count). The number of imidazole rings is 1. The van der Waals surface area contributed by atoms with Gasteiger partial charge >= 0.3 is 0 Å². The van der Waals surface area contributed by atoms with E-state index in [9.17, 15) is 43.5 Å². The third-order valence-corrected chi connectivity index (χ3v) is 25.7. The molecule has 0 saturated carbocycles. The van der Waals surface area contributed by atoms with Crippen LogP contribution in [0.5, 0.6) is 5.75 Å². The van der Waals surface area contributed by atoms with Gasteiger partial charge < -0.3 is 104 Å². The van der Waals surface area contributed by atoms with E-state index < -0.39 is 216 Å². The van der Waals surface area contributed by atoms with Crippen LogP contribution in [0.25, 0.3) is 21.8 Å². The number of nitrogens with one attached hydrogen (secondary N) is 12. The highest BCUT2D eigenvalue weighted by molar-refractivity contribution is 8.00. The first kappa shape index (κ1) is 99.5. The van der Waals surface area contributed by atoms with E-state index in [1.165, 1.54) is 79.6 Å². The number of amides is 16. The smallest absolute Gasteiger partial charge is 0.246 e. The highest BCUT2D eigenvalue weighted by Crippen LogP contribution is 2.30. The van der Waals surface area contributed by atoms with E-state index in [1.807, 2.05) is 70.2 Å². The second-order valence-corrected chi connectivity index (χ2v) is 35.7. The Morgan fingerprint density at radius 3 is 1.68 bits per heavy atom. The number of phenols is 1. The van der Waals surface area contributed by atoms with E-state index in [0.29, 0.717) is 65.4 Å². The molecule has 4 saturated heterocycles. The van der Waals surface area contributed by atoms with Crippen LogP contribution in [-0.2, 0) is 107 Å². The van der Waals surface area contributed by atoms with Crippen molar-refractivity contribution in [3.63, 3.8) is 0 Å². The molecule has 14 atom stereocenters. The lowest BCUT2D eigenvalue weighted by Gasteiger charge is -2.36. The molecular weight excluding hydrogens is 1690 g/mol. The summed E-state index contributed by atoms with van der Waals surface area (Å²) in [6.07, 6.45) is 6.50. The first-order valence-corrected chi connectivity index (χ1v) is 45.9. The zero-order valence-electron chi connectivity index (χ0n) is 74.9. The van der Waals surface area contributed by atoms with Crippen molar-refractivity contribution < 1.29 is 86.6 Å². The maximum absolute atomic E-state index is 16.0. The van der Waals surface area contributed by atoms with E-state index in [-0.39, 0.29) is 115 Å². The van der Waals surface area contributed by atoms with Crippen molar-refractivity contribution in [2.75, 3.05) is 52.3 Å². The van der Waals surface area contributed by atoms with Crippen molar-refractivity contribution in [2.24, 2.45) is 23.3 Å². The van der Waals surface area contributed by atoms with Crippen LogP contribution >= 0.6 is 11.8 Å². The number of unbranched alkanes of at least 4 members (excludes halogenated alkanes) is 2. The van der Waals surface area contributed by atoms with Gasteiger partial charge in [-0.05, 0) is 118 Å². The molecule has 4 fully saturated rings. The topological polar surface area (TPSA) is 547 Å². The first-order chi connectivity index (χ1) is 62.1. The quantitative estimate of drug-likeness (QED) is 0.0485. The van der Waals surface area contributed by atoms with Crippen molar-refractivity contribution >= 4 is 134 Å². The van der Waals surface area contributed by atoms with Crippen LogP contribution in [-0.4, -0.2) is 281 Å². The Morgan fingerprint density at radius 1 is 0.531 bits per heavy atom. The number of nitrogens with two attached hydrogens (primary N) is 2. The van der Waals surface area contributed by atoms with Crippen molar-refractivity contribution in [3.8, 4) is 5.75 Å². The fourth-order valence-electron chi connectivity index (χ4n) is 17.3. The Kier molecular flexibility index (Phi) is 36.0. The van der Waals surface area contributed by atoms with E-state index in [4.69, 9.17) is 11.5 Å². The fraction of sp³-hybridized carbons (Fsp3) is 0.538. The maximum atomic E-state index is 16.0. The lowest BCUT2D eigenvalue weighted by atomic mass is 9.90. The summed E-state index contributed by atoms with van der Waals surface area (Å²) >= 11 is 0.787. The van der Waals surface area contributed by atoms with Crippen molar-refractivity contribution in [1.82, 2.24) is 92.3 Å². The Morgan fingerprint density at radius 2 is 1.08 bits per heavy atom. The highest BCUT2D eigenvalue weighted by Gasteiger charge is 2.46. The van der Waals surface area contributed by atoms with Gasteiger partial charge in [-0.1, -0.05) is 115 Å². The molecule has 3 aromatic carbocycles. The van der Waals surface area contributed by atoms with Crippen molar-refractivity contribution in [3.05, 3.63) is 120 Å². The third-order valence-electron chi connectivity index (χ3n) is 24.7. The monoisotopic (exact) mass is 1820 g/mol. The van der Waals surface area contributed by atoms with E-state index >= 15 is 43.2 Å². The normalized spacial score (nSPS) is 25.3. The van der Waals surface area contributed by atoms with Crippen LogP contribution in [0.4, 0.5) is 0 Å². The molecule has 702 valence electrons.